The minimum Gasteiger partial charge on any atom is -0.353 e. The first-order valence-electron chi connectivity index (χ1n) is 9.56. The number of rotatable bonds is 7. The lowest BCUT2D eigenvalue weighted by atomic mass is 10.0. The molecule has 1 fully saturated rings. The monoisotopic (exact) mass is 364 g/mol. The van der Waals surface area contributed by atoms with Gasteiger partial charge < -0.3 is 14.0 Å². The molecular weight excluding hydrogens is 340 g/mol. The van der Waals surface area contributed by atoms with Crippen LogP contribution in [0.1, 0.15) is 36.5 Å². The summed E-state index contributed by atoms with van der Waals surface area (Å²) in [5.74, 6) is 1.31. The van der Waals surface area contributed by atoms with Gasteiger partial charge in [0.15, 0.2) is 12.1 Å². The van der Waals surface area contributed by atoms with Crippen LogP contribution in [0.4, 0.5) is 0 Å². The molecule has 1 aliphatic heterocycles. The van der Waals surface area contributed by atoms with Gasteiger partial charge in [0.05, 0.1) is 13.0 Å². The van der Waals surface area contributed by atoms with Gasteiger partial charge in [0.2, 0.25) is 5.89 Å². The highest BCUT2D eigenvalue weighted by molar-refractivity contribution is 5.63. The quantitative estimate of drug-likeness (QED) is 0.621. The van der Waals surface area contributed by atoms with Crippen LogP contribution >= 0.6 is 0 Å². The Kier molecular flexibility index (Phi) is 5.92. The lowest BCUT2D eigenvalue weighted by Gasteiger charge is -2.22. The van der Waals surface area contributed by atoms with Crippen LogP contribution in [0.3, 0.4) is 0 Å². The molecule has 5 heteroatoms. The molecule has 0 amide bonds. The number of nitrogens with zero attached hydrogens (tertiary/aromatic N) is 2. The highest BCUT2D eigenvalue weighted by atomic mass is 16.7. The second-order valence-electron chi connectivity index (χ2n) is 6.76. The van der Waals surface area contributed by atoms with Crippen molar-refractivity contribution >= 4 is 0 Å². The zero-order valence-electron chi connectivity index (χ0n) is 15.3. The SMILES string of the molecule is c1ccc(-c2ccc(Cc3nc(CCOC4CCCCO4)no3)cc2)cc1. The number of aromatic nitrogens is 2. The smallest absolute Gasteiger partial charge is 0.231 e. The molecule has 4 rings (SSSR count). The molecule has 0 bridgehead atoms. The summed E-state index contributed by atoms with van der Waals surface area (Å²) >= 11 is 0. The van der Waals surface area contributed by atoms with Gasteiger partial charge in [-0.05, 0) is 36.0 Å². The molecule has 5 nitrogen and oxygen atoms in total. The third-order valence-corrected chi connectivity index (χ3v) is 4.69. The van der Waals surface area contributed by atoms with Gasteiger partial charge in [-0.1, -0.05) is 59.8 Å². The van der Waals surface area contributed by atoms with Gasteiger partial charge >= 0.3 is 0 Å². The number of ether oxygens (including phenoxy) is 2. The first kappa shape index (κ1) is 17.9. The van der Waals surface area contributed by atoms with Gasteiger partial charge in [-0.15, -0.1) is 0 Å². The Balaban J connectivity index is 1.28. The molecule has 1 saturated heterocycles. The van der Waals surface area contributed by atoms with Crippen molar-refractivity contribution in [3.8, 4) is 11.1 Å². The first-order valence-corrected chi connectivity index (χ1v) is 9.56. The summed E-state index contributed by atoms with van der Waals surface area (Å²) in [5, 5.41) is 4.05. The van der Waals surface area contributed by atoms with Gasteiger partial charge in [-0.2, -0.15) is 4.98 Å². The van der Waals surface area contributed by atoms with Gasteiger partial charge in [-0.3, -0.25) is 0 Å². The van der Waals surface area contributed by atoms with Crippen LogP contribution in [-0.4, -0.2) is 29.6 Å². The van der Waals surface area contributed by atoms with E-state index in [0.29, 0.717) is 31.2 Å². The van der Waals surface area contributed by atoms with Crippen molar-refractivity contribution in [2.75, 3.05) is 13.2 Å². The summed E-state index contributed by atoms with van der Waals surface area (Å²) < 4.78 is 16.7. The molecule has 2 aromatic carbocycles. The van der Waals surface area contributed by atoms with E-state index in [9.17, 15) is 0 Å². The van der Waals surface area contributed by atoms with E-state index in [4.69, 9.17) is 14.0 Å². The molecule has 27 heavy (non-hydrogen) atoms. The Morgan fingerprint density at radius 2 is 1.78 bits per heavy atom. The lowest BCUT2D eigenvalue weighted by molar-refractivity contribution is -0.161. The van der Waals surface area contributed by atoms with Crippen LogP contribution in [0.25, 0.3) is 11.1 Å². The Bertz CT molecular complexity index is 824. The molecule has 0 aliphatic carbocycles. The lowest BCUT2D eigenvalue weighted by Crippen LogP contribution is -2.23. The summed E-state index contributed by atoms with van der Waals surface area (Å²) in [4.78, 5) is 4.47. The molecule has 2 heterocycles. The fourth-order valence-corrected chi connectivity index (χ4v) is 3.21. The highest BCUT2D eigenvalue weighted by Gasteiger charge is 2.14. The van der Waals surface area contributed by atoms with Gasteiger partial charge in [0.25, 0.3) is 0 Å². The molecule has 0 spiro atoms. The molecule has 1 atom stereocenters. The molecule has 1 unspecified atom stereocenters. The van der Waals surface area contributed by atoms with E-state index in [1.807, 2.05) is 18.2 Å². The zero-order chi connectivity index (χ0) is 18.3. The Labute approximate surface area is 159 Å². The Morgan fingerprint density at radius 1 is 0.963 bits per heavy atom. The minimum absolute atomic E-state index is 0.0757. The summed E-state index contributed by atoms with van der Waals surface area (Å²) in [6.07, 6.45) is 4.45. The van der Waals surface area contributed by atoms with Crippen molar-refractivity contribution in [3.63, 3.8) is 0 Å². The molecule has 1 aromatic heterocycles. The van der Waals surface area contributed by atoms with Crippen LogP contribution in [-0.2, 0) is 22.3 Å². The highest BCUT2D eigenvalue weighted by Crippen LogP contribution is 2.20. The van der Waals surface area contributed by atoms with Crippen molar-refractivity contribution in [2.45, 2.75) is 38.4 Å². The van der Waals surface area contributed by atoms with Crippen LogP contribution in [0.5, 0.6) is 0 Å². The Morgan fingerprint density at radius 3 is 2.56 bits per heavy atom. The van der Waals surface area contributed by atoms with Gasteiger partial charge in [-0.25, -0.2) is 0 Å². The largest absolute Gasteiger partial charge is 0.353 e. The molecule has 0 radical (unpaired) electrons. The van der Waals surface area contributed by atoms with Crippen molar-refractivity contribution in [1.29, 1.82) is 0 Å². The fourth-order valence-electron chi connectivity index (χ4n) is 3.21. The summed E-state index contributed by atoms with van der Waals surface area (Å²) in [6.45, 7) is 1.34. The molecule has 1 aliphatic rings. The maximum atomic E-state index is 5.73. The molecule has 140 valence electrons. The van der Waals surface area contributed by atoms with E-state index in [0.717, 1.165) is 25.0 Å². The van der Waals surface area contributed by atoms with Crippen LogP contribution < -0.4 is 0 Å². The minimum atomic E-state index is -0.0757. The maximum absolute atomic E-state index is 5.73. The average molecular weight is 364 g/mol. The third-order valence-electron chi connectivity index (χ3n) is 4.69. The second kappa shape index (κ2) is 8.93. The van der Waals surface area contributed by atoms with E-state index in [1.165, 1.54) is 17.5 Å². The zero-order valence-corrected chi connectivity index (χ0v) is 15.3. The summed E-state index contributed by atoms with van der Waals surface area (Å²) in [5.41, 5.74) is 3.57. The number of benzene rings is 2. The van der Waals surface area contributed by atoms with Crippen molar-refractivity contribution in [2.24, 2.45) is 0 Å². The summed E-state index contributed by atoms with van der Waals surface area (Å²) in [7, 11) is 0. The molecule has 0 saturated carbocycles. The van der Waals surface area contributed by atoms with E-state index in [1.54, 1.807) is 0 Å². The predicted octanol–water partition coefficient (Wildman–Crippen LogP) is 4.41. The van der Waals surface area contributed by atoms with Crippen LogP contribution in [0, 0.1) is 0 Å². The van der Waals surface area contributed by atoms with E-state index in [-0.39, 0.29) is 6.29 Å². The fraction of sp³-hybridized carbons (Fsp3) is 0.364. The van der Waals surface area contributed by atoms with Gasteiger partial charge in [0, 0.05) is 13.0 Å². The Hall–Kier alpha value is -2.50. The first-order chi connectivity index (χ1) is 13.4. The third kappa shape index (κ3) is 5.02. The van der Waals surface area contributed by atoms with E-state index >= 15 is 0 Å². The van der Waals surface area contributed by atoms with E-state index in [2.05, 4.69) is 46.5 Å². The number of hydrogen-bond donors (Lipinski definition) is 0. The summed E-state index contributed by atoms with van der Waals surface area (Å²) in [6, 6.07) is 18.8. The molecule has 3 aromatic rings. The van der Waals surface area contributed by atoms with Crippen molar-refractivity contribution in [1.82, 2.24) is 10.1 Å². The normalized spacial score (nSPS) is 17.1. The maximum Gasteiger partial charge on any atom is 0.231 e. The van der Waals surface area contributed by atoms with Crippen LogP contribution in [0.15, 0.2) is 59.1 Å². The van der Waals surface area contributed by atoms with Crippen molar-refractivity contribution < 1.29 is 14.0 Å². The van der Waals surface area contributed by atoms with Gasteiger partial charge in [0.1, 0.15) is 0 Å². The average Bonchev–Trinajstić information content (AvgIpc) is 3.17. The second-order valence-corrected chi connectivity index (χ2v) is 6.76. The standard InChI is InChI=1S/C22H24N2O3/c1-2-6-18(7-3-1)19-11-9-17(10-12-19)16-21-23-20(24-27-21)13-15-26-22-8-4-5-14-25-22/h1-3,6-7,9-12,22H,4-5,8,13-16H2. The van der Waals surface area contributed by atoms with Crippen LogP contribution in [0.2, 0.25) is 0 Å². The predicted molar refractivity (Wildman–Crippen MR) is 102 cm³/mol. The van der Waals surface area contributed by atoms with E-state index < -0.39 is 0 Å². The number of hydrogen-bond acceptors (Lipinski definition) is 5. The van der Waals surface area contributed by atoms with Crippen molar-refractivity contribution in [3.05, 3.63) is 71.9 Å². The molecular formula is C22H24N2O3. The molecule has 0 N–H and O–H groups in total. The topological polar surface area (TPSA) is 57.4 Å².